The molecule has 0 aromatic carbocycles. The number of carboxylic acid groups (broad SMARTS) is 2. The van der Waals surface area contributed by atoms with E-state index in [0.717, 1.165) is 71.4 Å². The summed E-state index contributed by atoms with van der Waals surface area (Å²) in [6, 6.07) is 0. The van der Waals surface area contributed by atoms with Crippen molar-refractivity contribution in [3.8, 4) is 0 Å². The van der Waals surface area contributed by atoms with Crippen LogP contribution in [0.25, 0.3) is 0 Å². The van der Waals surface area contributed by atoms with Gasteiger partial charge in [-0.3, -0.25) is 4.90 Å². The molecule has 0 aromatic rings. The highest BCUT2D eigenvalue weighted by atomic mass is 16.5. The van der Waals surface area contributed by atoms with E-state index >= 15 is 0 Å². The van der Waals surface area contributed by atoms with Crippen LogP contribution in [0.3, 0.4) is 0 Å². The van der Waals surface area contributed by atoms with Crippen molar-refractivity contribution in [2.75, 3.05) is 32.8 Å². The first kappa shape index (κ1) is 22.6. The lowest BCUT2D eigenvalue weighted by molar-refractivity contribution is -0.136. The molecule has 6 nitrogen and oxygen atoms in total. The maximum absolute atomic E-state index is 11.5. The first-order chi connectivity index (χ1) is 12.4. The van der Waals surface area contributed by atoms with Crippen LogP contribution in [-0.4, -0.2) is 59.9 Å². The Bertz CT molecular complexity index is 467. The van der Waals surface area contributed by atoms with Crippen LogP contribution in [0.1, 0.15) is 65.2 Å². The molecule has 0 spiro atoms. The number of hydrogen-bond acceptors (Lipinski definition) is 4. The highest BCUT2D eigenvalue weighted by Gasteiger charge is 2.19. The molecular formula is C20H35NO5. The Morgan fingerprint density at radius 2 is 1.42 bits per heavy atom. The molecule has 26 heavy (non-hydrogen) atoms. The lowest BCUT2D eigenvalue weighted by Crippen LogP contribution is -2.36. The van der Waals surface area contributed by atoms with Crippen molar-refractivity contribution >= 4 is 11.9 Å². The SMILES string of the molecule is CC(C)CCC/C(C(=O)O)=C(/CCCCCCN1CCOCC1)C(=O)O. The van der Waals surface area contributed by atoms with Crippen molar-refractivity contribution < 1.29 is 24.5 Å². The third-order valence-corrected chi connectivity index (χ3v) is 4.84. The van der Waals surface area contributed by atoms with Crippen LogP contribution in [0, 0.1) is 5.92 Å². The molecule has 0 radical (unpaired) electrons. The summed E-state index contributed by atoms with van der Waals surface area (Å²) in [5.74, 6) is -1.68. The number of rotatable bonds is 13. The number of carbonyl (C=O) groups is 2. The van der Waals surface area contributed by atoms with Gasteiger partial charge in [0.15, 0.2) is 0 Å². The molecule has 2 N–H and O–H groups in total. The van der Waals surface area contributed by atoms with Crippen molar-refractivity contribution in [1.29, 1.82) is 0 Å². The predicted octanol–water partition coefficient (Wildman–Crippen LogP) is 3.56. The number of ether oxygens (including phenoxy) is 1. The van der Waals surface area contributed by atoms with Crippen molar-refractivity contribution in [3.63, 3.8) is 0 Å². The monoisotopic (exact) mass is 369 g/mol. The normalized spacial score (nSPS) is 16.6. The molecule has 0 bridgehead atoms. The fourth-order valence-corrected chi connectivity index (χ4v) is 3.28. The van der Waals surface area contributed by atoms with Gasteiger partial charge in [0, 0.05) is 24.2 Å². The van der Waals surface area contributed by atoms with Crippen LogP contribution in [0.4, 0.5) is 0 Å². The summed E-state index contributed by atoms with van der Waals surface area (Å²) in [4.78, 5) is 25.4. The molecule has 1 fully saturated rings. The summed E-state index contributed by atoms with van der Waals surface area (Å²) >= 11 is 0. The van der Waals surface area contributed by atoms with E-state index in [1.807, 2.05) is 0 Å². The van der Waals surface area contributed by atoms with Crippen molar-refractivity contribution in [3.05, 3.63) is 11.1 Å². The molecule has 0 unspecified atom stereocenters. The molecule has 0 atom stereocenters. The Labute approximate surface area is 157 Å². The molecule has 1 saturated heterocycles. The molecular weight excluding hydrogens is 334 g/mol. The average Bonchev–Trinajstić information content (AvgIpc) is 2.59. The summed E-state index contributed by atoms with van der Waals surface area (Å²) in [6.07, 6.45) is 6.10. The van der Waals surface area contributed by atoms with E-state index in [-0.39, 0.29) is 11.1 Å². The second-order valence-electron chi connectivity index (χ2n) is 7.47. The maximum atomic E-state index is 11.5. The topological polar surface area (TPSA) is 87.1 Å². The van der Waals surface area contributed by atoms with Crippen molar-refractivity contribution in [2.45, 2.75) is 65.2 Å². The van der Waals surface area contributed by atoms with Crippen molar-refractivity contribution in [1.82, 2.24) is 4.90 Å². The second-order valence-corrected chi connectivity index (χ2v) is 7.47. The standard InChI is InChI=1S/C20H35NO5/c1-16(2)8-7-10-18(20(24)25)17(19(22)23)9-5-3-4-6-11-21-12-14-26-15-13-21/h16H,3-15H2,1-2H3,(H,22,23)(H,24,25)/b18-17+. The van der Waals surface area contributed by atoms with E-state index in [1.54, 1.807) is 0 Å². The second kappa shape index (κ2) is 12.9. The molecule has 0 aromatic heterocycles. The summed E-state index contributed by atoms with van der Waals surface area (Å²) < 4.78 is 5.33. The molecule has 1 aliphatic rings. The minimum absolute atomic E-state index is 0.0893. The van der Waals surface area contributed by atoms with Gasteiger partial charge in [0.05, 0.1) is 13.2 Å². The summed E-state index contributed by atoms with van der Waals surface area (Å²) in [5.41, 5.74) is 0.181. The number of nitrogens with zero attached hydrogens (tertiary/aromatic N) is 1. The van der Waals surface area contributed by atoms with Gasteiger partial charge in [-0.1, -0.05) is 33.1 Å². The first-order valence-corrected chi connectivity index (χ1v) is 9.90. The van der Waals surface area contributed by atoms with Crippen LogP contribution in [0.5, 0.6) is 0 Å². The van der Waals surface area contributed by atoms with Gasteiger partial charge in [-0.15, -0.1) is 0 Å². The summed E-state index contributed by atoms with van der Waals surface area (Å²) in [5, 5.41) is 18.8. The number of carboxylic acids is 2. The predicted molar refractivity (Wildman–Crippen MR) is 101 cm³/mol. The number of hydrogen-bond donors (Lipinski definition) is 2. The first-order valence-electron chi connectivity index (χ1n) is 9.90. The van der Waals surface area contributed by atoms with Crippen LogP contribution >= 0.6 is 0 Å². The van der Waals surface area contributed by atoms with Gasteiger partial charge >= 0.3 is 11.9 Å². The van der Waals surface area contributed by atoms with E-state index in [0.29, 0.717) is 18.8 Å². The fraction of sp³-hybridized carbons (Fsp3) is 0.800. The van der Waals surface area contributed by atoms with Crippen molar-refractivity contribution in [2.24, 2.45) is 5.92 Å². The van der Waals surface area contributed by atoms with E-state index in [4.69, 9.17) is 4.74 Å². The van der Waals surface area contributed by atoms with Crippen LogP contribution in [0.2, 0.25) is 0 Å². The molecule has 1 rings (SSSR count). The molecule has 1 aliphatic heterocycles. The lowest BCUT2D eigenvalue weighted by Gasteiger charge is -2.26. The van der Waals surface area contributed by atoms with E-state index in [2.05, 4.69) is 18.7 Å². The average molecular weight is 370 g/mol. The smallest absolute Gasteiger partial charge is 0.332 e. The Kier molecular flexibility index (Phi) is 11.2. The van der Waals surface area contributed by atoms with Gasteiger partial charge in [0.25, 0.3) is 0 Å². The van der Waals surface area contributed by atoms with E-state index < -0.39 is 11.9 Å². The highest BCUT2D eigenvalue weighted by molar-refractivity contribution is 5.98. The highest BCUT2D eigenvalue weighted by Crippen LogP contribution is 2.21. The van der Waals surface area contributed by atoms with Gasteiger partial charge < -0.3 is 14.9 Å². The molecule has 0 saturated carbocycles. The third kappa shape index (κ3) is 9.34. The molecule has 150 valence electrons. The lowest BCUT2D eigenvalue weighted by atomic mass is 9.95. The maximum Gasteiger partial charge on any atom is 0.332 e. The zero-order valence-electron chi connectivity index (χ0n) is 16.3. The van der Waals surface area contributed by atoms with Crippen LogP contribution in [0.15, 0.2) is 11.1 Å². The Hall–Kier alpha value is -1.40. The quantitative estimate of drug-likeness (QED) is 0.381. The molecule has 0 aliphatic carbocycles. The van der Waals surface area contributed by atoms with Gasteiger partial charge in [-0.05, 0) is 44.6 Å². The zero-order chi connectivity index (χ0) is 19.4. The number of aliphatic carboxylic acids is 2. The third-order valence-electron chi connectivity index (χ3n) is 4.84. The Morgan fingerprint density at radius 3 is 1.96 bits per heavy atom. The summed E-state index contributed by atoms with van der Waals surface area (Å²) in [7, 11) is 0. The van der Waals surface area contributed by atoms with Gasteiger partial charge in [-0.2, -0.15) is 0 Å². The van der Waals surface area contributed by atoms with Crippen LogP contribution < -0.4 is 0 Å². The Morgan fingerprint density at radius 1 is 0.885 bits per heavy atom. The number of morpholine rings is 1. The fourth-order valence-electron chi connectivity index (χ4n) is 3.28. The van der Waals surface area contributed by atoms with Gasteiger partial charge in [0.2, 0.25) is 0 Å². The number of unbranched alkanes of at least 4 members (excludes halogenated alkanes) is 3. The zero-order valence-corrected chi connectivity index (χ0v) is 16.3. The van der Waals surface area contributed by atoms with E-state index in [1.165, 1.54) is 0 Å². The minimum Gasteiger partial charge on any atom is -0.478 e. The van der Waals surface area contributed by atoms with Crippen LogP contribution in [-0.2, 0) is 14.3 Å². The van der Waals surface area contributed by atoms with E-state index in [9.17, 15) is 19.8 Å². The largest absolute Gasteiger partial charge is 0.478 e. The molecule has 0 amide bonds. The summed E-state index contributed by atoms with van der Waals surface area (Å²) in [6.45, 7) is 8.82. The van der Waals surface area contributed by atoms with Gasteiger partial charge in [0.1, 0.15) is 0 Å². The molecule has 6 heteroatoms. The Balaban J connectivity index is 2.38. The van der Waals surface area contributed by atoms with Gasteiger partial charge in [-0.25, -0.2) is 9.59 Å². The molecule has 1 heterocycles. The minimum atomic E-state index is -1.08.